The summed E-state index contributed by atoms with van der Waals surface area (Å²) >= 11 is 0. The number of rotatable bonds is 3. The Morgan fingerprint density at radius 3 is 2.67 bits per heavy atom. The van der Waals surface area contributed by atoms with Gasteiger partial charge < -0.3 is 14.9 Å². The van der Waals surface area contributed by atoms with Crippen LogP contribution >= 0.6 is 0 Å². The molecule has 3 unspecified atom stereocenters. The SMILES string of the molecule is O=C(O)COC(=O)C12C=CC(CC1)C2O. The van der Waals surface area contributed by atoms with Crippen LogP contribution in [0.4, 0.5) is 0 Å². The molecule has 0 aromatic carbocycles. The molecule has 5 heteroatoms. The Morgan fingerprint density at radius 1 is 1.53 bits per heavy atom. The Labute approximate surface area is 86.3 Å². The van der Waals surface area contributed by atoms with Gasteiger partial charge in [-0.15, -0.1) is 0 Å². The zero-order chi connectivity index (χ0) is 11.1. The second-order valence-electron chi connectivity index (χ2n) is 4.02. The molecule has 2 aliphatic carbocycles. The lowest BCUT2D eigenvalue weighted by atomic mass is 9.86. The summed E-state index contributed by atoms with van der Waals surface area (Å²) in [7, 11) is 0. The minimum atomic E-state index is -1.19. The highest BCUT2D eigenvalue weighted by atomic mass is 16.6. The molecule has 0 aliphatic heterocycles. The molecule has 0 amide bonds. The number of aliphatic hydroxyl groups is 1. The van der Waals surface area contributed by atoms with Crippen LogP contribution in [0, 0.1) is 11.3 Å². The molecule has 0 saturated heterocycles. The molecule has 1 saturated carbocycles. The summed E-state index contributed by atoms with van der Waals surface area (Å²) in [6.45, 7) is -0.647. The first-order valence-electron chi connectivity index (χ1n) is 4.83. The molecule has 0 heterocycles. The molecule has 0 radical (unpaired) electrons. The second kappa shape index (κ2) is 3.34. The third-order valence-electron chi connectivity index (χ3n) is 3.17. The van der Waals surface area contributed by atoms with E-state index < -0.39 is 30.1 Å². The lowest BCUT2D eigenvalue weighted by molar-refractivity contribution is -0.164. The number of carbonyl (C=O) groups is 2. The van der Waals surface area contributed by atoms with Crippen LogP contribution in [0.5, 0.6) is 0 Å². The number of aliphatic hydroxyl groups excluding tert-OH is 1. The topological polar surface area (TPSA) is 83.8 Å². The van der Waals surface area contributed by atoms with Crippen LogP contribution in [0.2, 0.25) is 0 Å². The van der Waals surface area contributed by atoms with E-state index in [4.69, 9.17) is 5.11 Å². The lowest BCUT2D eigenvalue weighted by Crippen LogP contribution is -2.38. The summed E-state index contributed by atoms with van der Waals surface area (Å²) in [5.74, 6) is -1.80. The third-order valence-corrected chi connectivity index (χ3v) is 3.17. The van der Waals surface area contributed by atoms with Crippen LogP contribution in [0.15, 0.2) is 12.2 Å². The van der Waals surface area contributed by atoms with Crippen LogP contribution in [0.3, 0.4) is 0 Å². The average molecular weight is 212 g/mol. The van der Waals surface area contributed by atoms with Gasteiger partial charge in [0.15, 0.2) is 6.61 Å². The number of esters is 1. The molecule has 2 N–H and O–H groups in total. The van der Waals surface area contributed by atoms with Gasteiger partial charge in [-0.3, -0.25) is 4.79 Å². The van der Waals surface area contributed by atoms with Crippen molar-refractivity contribution < 1.29 is 24.5 Å². The molecular weight excluding hydrogens is 200 g/mol. The van der Waals surface area contributed by atoms with Gasteiger partial charge >= 0.3 is 11.9 Å². The predicted octanol–water partition coefficient (Wildman–Crippen LogP) is -0.0587. The molecule has 2 bridgehead atoms. The van der Waals surface area contributed by atoms with Gasteiger partial charge in [0.1, 0.15) is 5.41 Å². The largest absolute Gasteiger partial charge is 0.479 e. The van der Waals surface area contributed by atoms with E-state index in [0.717, 1.165) is 6.42 Å². The predicted molar refractivity (Wildman–Crippen MR) is 48.9 cm³/mol. The Bertz CT molecular complexity index is 335. The quantitative estimate of drug-likeness (QED) is 0.506. The van der Waals surface area contributed by atoms with Crippen LogP contribution in [0.25, 0.3) is 0 Å². The first-order chi connectivity index (χ1) is 7.06. The van der Waals surface area contributed by atoms with Crippen molar-refractivity contribution in [3.05, 3.63) is 12.2 Å². The molecular formula is C10H12O5. The summed E-state index contributed by atoms with van der Waals surface area (Å²) in [6.07, 6.45) is 3.98. The lowest BCUT2D eigenvalue weighted by Gasteiger charge is -2.24. The van der Waals surface area contributed by atoms with Crippen molar-refractivity contribution in [2.45, 2.75) is 18.9 Å². The minimum Gasteiger partial charge on any atom is -0.479 e. The van der Waals surface area contributed by atoms with Crippen molar-refractivity contribution in [1.29, 1.82) is 0 Å². The number of carboxylic acids is 1. The van der Waals surface area contributed by atoms with E-state index in [1.54, 1.807) is 12.2 Å². The van der Waals surface area contributed by atoms with E-state index in [1.807, 2.05) is 0 Å². The van der Waals surface area contributed by atoms with Crippen molar-refractivity contribution in [2.75, 3.05) is 6.61 Å². The number of hydrogen-bond donors (Lipinski definition) is 2. The maximum atomic E-state index is 11.6. The minimum absolute atomic E-state index is 0.0161. The number of carbonyl (C=O) groups excluding carboxylic acids is 1. The first-order valence-corrected chi connectivity index (χ1v) is 4.83. The van der Waals surface area contributed by atoms with Gasteiger partial charge in [0.2, 0.25) is 0 Å². The van der Waals surface area contributed by atoms with E-state index >= 15 is 0 Å². The second-order valence-corrected chi connectivity index (χ2v) is 4.02. The smallest absolute Gasteiger partial charge is 0.341 e. The van der Waals surface area contributed by atoms with E-state index in [2.05, 4.69) is 4.74 Å². The number of ether oxygens (including phenoxy) is 1. The van der Waals surface area contributed by atoms with Crippen LogP contribution in [-0.4, -0.2) is 34.9 Å². The van der Waals surface area contributed by atoms with Gasteiger partial charge in [-0.1, -0.05) is 12.2 Å². The molecule has 5 nitrogen and oxygen atoms in total. The summed E-state index contributed by atoms with van der Waals surface area (Å²) in [5.41, 5.74) is -0.986. The highest BCUT2D eigenvalue weighted by molar-refractivity contribution is 5.83. The number of carboxylic acid groups (broad SMARTS) is 1. The molecule has 82 valence electrons. The molecule has 0 aromatic heterocycles. The van der Waals surface area contributed by atoms with Crippen LogP contribution in [-0.2, 0) is 14.3 Å². The molecule has 0 spiro atoms. The molecule has 3 atom stereocenters. The summed E-state index contributed by atoms with van der Waals surface area (Å²) < 4.78 is 4.63. The summed E-state index contributed by atoms with van der Waals surface area (Å²) in [6, 6.07) is 0. The van der Waals surface area contributed by atoms with Crippen molar-refractivity contribution in [2.24, 2.45) is 11.3 Å². The maximum absolute atomic E-state index is 11.6. The molecule has 1 fully saturated rings. The summed E-state index contributed by atoms with van der Waals surface area (Å²) in [4.78, 5) is 21.9. The Kier molecular flexibility index (Phi) is 2.26. The fraction of sp³-hybridized carbons (Fsp3) is 0.600. The van der Waals surface area contributed by atoms with Gasteiger partial charge in [0, 0.05) is 5.92 Å². The highest BCUT2D eigenvalue weighted by Gasteiger charge is 2.55. The highest BCUT2D eigenvalue weighted by Crippen LogP contribution is 2.49. The molecule has 2 rings (SSSR count). The number of hydrogen-bond acceptors (Lipinski definition) is 4. The van der Waals surface area contributed by atoms with E-state index in [0.29, 0.717) is 6.42 Å². The van der Waals surface area contributed by atoms with Gasteiger partial charge in [-0.25, -0.2) is 4.79 Å². The fourth-order valence-corrected chi connectivity index (χ4v) is 2.32. The number of fused-ring (bicyclic) bond motifs is 2. The van der Waals surface area contributed by atoms with E-state index in [-0.39, 0.29) is 5.92 Å². The van der Waals surface area contributed by atoms with Crippen molar-refractivity contribution in [3.8, 4) is 0 Å². The third kappa shape index (κ3) is 1.43. The average Bonchev–Trinajstić information content (AvgIpc) is 2.70. The van der Waals surface area contributed by atoms with Crippen LogP contribution in [0.1, 0.15) is 12.8 Å². The first kappa shape index (κ1) is 10.2. The maximum Gasteiger partial charge on any atom is 0.341 e. The zero-order valence-electron chi connectivity index (χ0n) is 8.05. The van der Waals surface area contributed by atoms with E-state index in [9.17, 15) is 14.7 Å². The number of aliphatic carboxylic acids is 1. The fourth-order valence-electron chi connectivity index (χ4n) is 2.32. The summed E-state index contributed by atoms with van der Waals surface area (Å²) in [5, 5.41) is 18.2. The van der Waals surface area contributed by atoms with Crippen molar-refractivity contribution in [1.82, 2.24) is 0 Å². The molecule has 15 heavy (non-hydrogen) atoms. The zero-order valence-corrected chi connectivity index (χ0v) is 8.05. The van der Waals surface area contributed by atoms with Gasteiger partial charge in [0.25, 0.3) is 0 Å². The van der Waals surface area contributed by atoms with E-state index in [1.165, 1.54) is 0 Å². The normalized spacial score (nSPS) is 36.9. The molecule has 0 aromatic rings. The standard InChI is InChI=1S/C10H12O5/c11-7(12)5-15-9(14)10-3-1-6(2-4-10)8(10)13/h1,3,6,8,13H,2,4-5H2,(H,11,12). The van der Waals surface area contributed by atoms with Crippen LogP contribution < -0.4 is 0 Å². The van der Waals surface area contributed by atoms with Crippen molar-refractivity contribution in [3.63, 3.8) is 0 Å². The Balaban J connectivity index is 2.06. The van der Waals surface area contributed by atoms with Gasteiger partial charge in [0.05, 0.1) is 6.10 Å². The molecule has 2 aliphatic rings. The van der Waals surface area contributed by atoms with Gasteiger partial charge in [-0.2, -0.15) is 0 Å². The Hall–Kier alpha value is -1.36. The van der Waals surface area contributed by atoms with Crippen molar-refractivity contribution >= 4 is 11.9 Å². The Morgan fingerprint density at radius 2 is 2.27 bits per heavy atom. The van der Waals surface area contributed by atoms with Gasteiger partial charge in [-0.05, 0) is 12.8 Å². The monoisotopic (exact) mass is 212 g/mol.